The predicted molar refractivity (Wildman–Crippen MR) is 155 cm³/mol. The van der Waals surface area contributed by atoms with Gasteiger partial charge in [0.1, 0.15) is 11.9 Å². The van der Waals surface area contributed by atoms with Gasteiger partial charge in [-0.3, -0.25) is 4.90 Å². The highest BCUT2D eigenvalue weighted by Crippen LogP contribution is 2.36. The van der Waals surface area contributed by atoms with Crippen LogP contribution in [0.5, 0.6) is 5.88 Å². The molecule has 8 rings (SSSR count). The lowest BCUT2D eigenvalue weighted by molar-refractivity contribution is -0.00877. The lowest BCUT2D eigenvalue weighted by atomic mass is 9.87. The van der Waals surface area contributed by atoms with E-state index >= 15 is 0 Å². The largest absolute Gasteiger partial charge is 0.481 e. The van der Waals surface area contributed by atoms with Crippen molar-refractivity contribution in [2.24, 2.45) is 0 Å². The van der Waals surface area contributed by atoms with Gasteiger partial charge in [0, 0.05) is 69.7 Å². The first-order valence-electron chi connectivity index (χ1n) is 14.2. The molecule has 4 fully saturated rings. The van der Waals surface area contributed by atoms with Crippen LogP contribution < -0.4 is 14.5 Å². The van der Waals surface area contributed by atoms with E-state index in [2.05, 4.69) is 55.1 Å². The Bertz CT molecular complexity index is 1600. The number of nitriles is 1. The summed E-state index contributed by atoms with van der Waals surface area (Å²) in [6.07, 6.45) is 10.0. The summed E-state index contributed by atoms with van der Waals surface area (Å²) in [6, 6.07) is 13.8. The van der Waals surface area contributed by atoms with Crippen LogP contribution in [-0.4, -0.2) is 80.6 Å². The first kappa shape index (κ1) is 25.7. The van der Waals surface area contributed by atoms with Crippen LogP contribution in [0.2, 0.25) is 0 Å². The van der Waals surface area contributed by atoms with Crippen molar-refractivity contribution < 1.29 is 9.84 Å². The van der Waals surface area contributed by atoms with E-state index in [1.165, 1.54) is 12.0 Å². The highest BCUT2D eigenvalue weighted by Gasteiger charge is 2.44. The van der Waals surface area contributed by atoms with Gasteiger partial charge in [-0.1, -0.05) is 12.1 Å². The third kappa shape index (κ3) is 4.85. The molecular formula is C31H34N8O2. The normalized spacial score (nSPS) is 24.0. The number of hydrogen-bond donors (Lipinski definition) is 1. The second-order valence-electron chi connectivity index (χ2n) is 11.9. The number of aliphatic hydroxyl groups is 1. The predicted octanol–water partition coefficient (Wildman–Crippen LogP) is 3.02. The van der Waals surface area contributed by atoms with Crippen LogP contribution in [0, 0.1) is 11.3 Å². The molecule has 4 aliphatic rings. The molecule has 8 heterocycles. The molecule has 2 bridgehead atoms. The molecule has 4 aromatic heterocycles. The van der Waals surface area contributed by atoms with Crippen LogP contribution in [0.3, 0.4) is 0 Å². The van der Waals surface area contributed by atoms with Crippen molar-refractivity contribution in [3.63, 3.8) is 0 Å². The molecule has 4 aliphatic heterocycles. The molecule has 41 heavy (non-hydrogen) atoms. The monoisotopic (exact) mass is 550 g/mol. The number of anilines is 2. The molecule has 1 N–H and O–H groups in total. The number of methoxy groups -OCH3 is 1. The quantitative estimate of drug-likeness (QED) is 0.372. The molecule has 0 saturated carbocycles. The number of aromatic nitrogens is 4. The van der Waals surface area contributed by atoms with Crippen LogP contribution in [0.25, 0.3) is 5.52 Å². The first-order valence-corrected chi connectivity index (χ1v) is 14.2. The minimum absolute atomic E-state index is 0.519. The van der Waals surface area contributed by atoms with Gasteiger partial charge >= 0.3 is 0 Å². The van der Waals surface area contributed by atoms with E-state index in [0.29, 0.717) is 36.5 Å². The maximum atomic E-state index is 10.5. The van der Waals surface area contributed by atoms with Crippen LogP contribution in [0.15, 0.2) is 55.1 Å². The summed E-state index contributed by atoms with van der Waals surface area (Å²) in [4.78, 5) is 16.4. The number of nitrogens with zero attached hydrogens (tertiary/aromatic N) is 8. The van der Waals surface area contributed by atoms with Gasteiger partial charge in [-0.15, -0.1) is 0 Å². The highest BCUT2D eigenvalue weighted by atomic mass is 16.5. The Labute approximate surface area is 239 Å². The smallest absolute Gasteiger partial charge is 0.212 e. The highest BCUT2D eigenvalue weighted by molar-refractivity contribution is 5.69. The number of pyridine rings is 3. The van der Waals surface area contributed by atoms with Gasteiger partial charge in [-0.05, 0) is 48.6 Å². The van der Waals surface area contributed by atoms with Crippen molar-refractivity contribution in [1.29, 1.82) is 5.26 Å². The molecule has 3 unspecified atom stereocenters. The van der Waals surface area contributed by atoms with Gasteiger partial charge in [0.05, 0.1) is 41.9 Å². The molecule has 0 aliphatic carbocycles. The van der Waals surface area contributed by atoms with Crippen molar-refractivity contribution in [2.45, 2.75) is 50.4 Å². The number of fused-ring (bicyclic) bond motifs is 3. The van der Waals surface area contributed by atoms with Gasteiger partial charge in [0.25, 0.3) is 0 Å². The summed E-state index contributed by atoms with van der Waals surface area (Å²) >= 11 is 0. The van der Waals surface area contributed by atoms with Crippen molar-refractivity contribution in [1.82, 2.24) is 24.5 Å². The van der Waals surface area contributed by atoms with Gasteiger partial charge in [0.15, 0.2) is 0 Å². The van der Waals surface area contributed by atoms with Crippen molar-refractivity contribution in [2.75, 3.05) is 43.1 Å². The van der Waals surface area contributed by atoms with Crippen LogP contribution in [-0.2, 0) is 13.0 Å². The number of ether oxygens (including phenoxy) is 1. The Balaban J connectivity index is 1.05. The molecule has 4 aromatic rings. The molecule has 210 valence electrons. The number of β-amino-alcohol motifs (C(OH)–C–C–N with tert-alkyl or cyclic N) is 1. The Morgan fingerprint density at radius 2 is 1.88 bits per heavy atom. The Hall–Kier alpha value is -4.20. The summed E-state index contributed by atoms with van der Waals surface area (Å²) in [7, 11) is 1.64. The van der Waals surface area contributed by atoms with E-state index in [0.717, 1.165) is 60.7 Å². The SMILES string of the molecule is COc1ccc(CN2C3CC2CN(c2ccc(Cc4cc(N5CCC(C)(O)C5)cn5ncc(C#N)c45)cn2)C3)cn1. The zero-order valence-electron chi connectivity index (χ0n) is 23.4. The van der Waals surface area contributed by atoms with Crippen molar-refractivity contribution in [3.05, 3.63) is 77.4 Å². The first-order chi connectivity index (χ1) is 19.9. The zero-order chi connectivity index (χ0) is 28.1. The molecule has 0 aromatic carbocycles. The van der Waals surface area contributed by atoms with Crippen LogP contribution >= 0.6 is 0 Å². The summed E-state index contributed by atoms with van der Waals surface area (Å²) in [5.74, 6) is 1.65. The summed E-state index contributed by atoms with van der Waals surface area (Å²) in [5.41, 5.74) is 5.02. The maximum Gasteiger partial charge on any atom is 0.212 e. The molecule has 10 heteroatoms. The molecule has 4 saturated heterocycles. The fourth-order valence-corrected chi connectivity index (χ4v) is 6.64. The lowest BCUT2D eigenvalue weighted by Gasteiger charge is -2.56. The Kier molecular flexibility index (Phi) is 6.29. The fourth-order valence-electron chi connectivity index (χ4n) is 6.64. The number of hydrogen-bond acceptors (Lipinski definition) is 9. The average Bonchev–Trinajstić information content (AvgIpc) is 3.59. The number of piperazine rings is 1. The second-order valence-corrected chi connectivity index (χ2v) is 11.9. The Morgan fingerprint density at radius 1 is 1.07 bits per heavy atom. The van der Waals surface area contributed by atoms with E-state index < -0.39 is 5.60 Å². The Morgan fingerprint density at radius 3 is 2.54 bits per heavy atom. The van der Waals surface area contributed by atoms with Crippen molar-refractivity contribution in [3.8, 4) is 11.9 Å². The van der Waals surface area contributed by atoms with E-state index in [-0.39, 0.29) is 0 Å². The topological polar surface area (TPSA) is 106 Å². The summed E-state index contributed by atoms with van der Waals surface area (Å²) in [5, 5.41) is 24.7. The molecule has 0 amide bonds. The minimum Gasteiger partial charge on any atom is -0.481 e. The van der Waals surface area contributed by atoms with Gasteiger partial charge in [-0.2, -0.15) is 10.4 Å². The minimum atomic E-state index is -0.699. The number of piperidine rings is 1. The van der Waals surface area contributed by atoms with E-state index in [1.54, 1.807) is 17.8 Å². The average molecular weight is 551 g/mol. The van der Waals surface area contributed by atoms with Crippen molar-refractivity contribution >= 4 is 17.0 Å². The van der Waals surface area contributed by atoms with Gasteiger partial charge < -0.3 is 19.6 Å². The summed E-state index contributed by atoms with van der Waals surface area (Å²) in [6.45, 7) is 6.09. The molecule has 0 spiro atoms. The second kappa shape index (κ2) is 10.0. The molecular weight excluding hydrogens is 516 g/mol. The van der Waals surface area contributed by atoms with Gasteiger partial charge in [0.2, 0.25) is 5.88 Å². The number of rotatable bonds is 7. The zero-order valence-corrected chi connectivity index (χ0v) is 23.4. The summed E-state index contributed by atoms with van der Waals surface area (Å²) < 4.78 is 6.98. The van der Waals surface area contributed by atoms with Crippen LogP contribution in [0.4, 0.5) is 11.5 Å². The van der Waals surface area contributed by atoms with E-state index in [4.69, 9.17) is 9.72 Å². The molecule has 3 atom stereocenters. The maximum absolute atomic E-state index is 10.5. The standard InChI is InChI=1S/C31H34N8O2/c1-31(40)7-8-36(20-31)25-10-23(30-24(12-32)15-35-39(30)19-25)9-21-3-5-28(33-13-21)37-17-26-11-27(18-37)38(26)16-22-4-6-29(41-2)34-14-22/h3-6,10,13-15,19,26-27,40H,7-9,11,16-18,20H2,1-2H3. The fraction of sp³-hybridized carbons (Fsp3) is 0.419. The third-order valence-corrected chi connectivity index (χ3v) is 8.86. The van der Waals surface area contributed by atoms with Gasteiger partial charge in [-0.25, -0.2) is 14.5 Å². The van der Waals surface area contributed by atoms with E-state index in [1.807, 2.05) is 31.6 Å². The third-order valence-electron chi connectivity index (χ3n) is 8.86. The molecule has 0 radical (unpaired) electrons. The van der Waals surface area contributed by atoms with Crippen LogP contribution in [0.1, 0.15) is 42.0 Å². The van der Waals surface area contributed by atoms with E-state index in [9.17, 15) is 10.4 Å². The molecule has 10 nitrogen and oxygen atoms in total. The lowest BCUT2D eigenvalue weighted by Crippen LogP contribution is -2.68.